The monoisotopic (exact) mass is 576 g/mol. The number of nitrogens with zero attached hydrogens (tertiary/aromatic N) is 3. The second-order valence-corrected chi connectivity index (χ2v) is 9.60. The zero-order valence-corrected chi connectivity index (χ0v) is 23.6. The largest absolute Gasteiger partial charge is 0.491 e. The number of nitrogens with one attached hydrogen (secondary N) is 1. The molecule has 0 spiro atoms. The van der Waals surface area contributed by atoms with E-state index in [1.807, 2.05) is 47.1 Å². The topological polar surface area (TPSA) is 109 Å². The summed E-state index contributed by atoms with van der Waals surface area (Å²) < 4.78 is 34.9. The van der Waals surface area contributed by atoms with Crippen molar-refractivity contribution in [2.45, 2.75) is 0 Å². The van der Waals surface area contributed by atoms with Gasteiger partial charge < -0.3 is 42.7 Å². The molecule has 1 aromatic carbocycles. The molecule has 0 saturated carbocycles. The minimum atomic E-state index is -0.417. The lowest BCUT2D eigenvalue weighted by Gasteiger charge is -2.29. The highest BCUT2D eigenvalue weighted by atomic mass is 16.6. The van der Waals surface area contributed by atoms with Gasteiger partial charge in [-0.2, -0.15) is 0 Å². The van der Waals surface area contributed by atoms with Gasteiger partial charge in [-0.3, -0.25) is 0 Å². The highest BCUT2D eigenvalue weighted by Crippen LogP contribution is 2.26. The van der Waals surface area contributed by atoms with Gasteiger partial charge in [-0.15, -0.1) is 6.42 Å². The van der Waals surface area contributed by atoms with E-state index in [0.717, 1.165) is 37.3 Å². The van der Waals surface area contributed by atoms with Crippen molar-refractivity contribution in [1.29, 1.82) is 0 Å². The lowest BCUT2D eigenvalue weighted by atomic mass is 10.1. The van der Waals surface area contributed by atoms with Gasteiger partial charge in [0.2, 0.25) is 0 Å². The third-order valence-corrected chi connectivity index (χ3v) is 6.71. The van der Waals surface area contributed by atoms with E-state index in [2.05, 4.69) is 27.2 Å². The molecule has 3 aromatic heterocycles. The number of imidazole rings is 1. The number of piperazine rings is 1. The molecule has 1 aliphatic rings. The van der Waals surface area contributed by atoms with Crippen molar-refractivity contribution in [2.75, 3.05) is 90.5 Å². The number of ether oxygens (including phenoxy) is 5. The highest BCUT2D eigenvalue weighted by Gasteiger charge is 2.15. The SMILES string of the molecule is C#CCOCCOCCOCCOCCOc1ccn2cc(-c3cc4ccc(N5CCNCC5)cc4oc3=O)nc2c1. The Morgan fingerprint density at radius 1 is 0.905 bits per heavy atom. The maximum absolute atomic E-state index is 12.9. The van der Waals surface area contributed by atoms with E-state index in [-0.39, 0.29) is 0 Å². The zero-order valence-electron chi connectivity index (χ0n) is 23.6. The fourth-order valence-corrected chi connectivity index (χ4v) is 4.59. The standard InChI is InChI=1S/C31H36N4O7/c1-2-11-37-12-13-38-14-15-39-16-17-40-18-19-41-26-5-8-35-23-28(33-30(35)22-26)27-20-24-3-4-25(21-29(24)42-31(27)36)34-9-6-32-7-10-34/h1,3-5,8,20-23,32H,6-7,9-19H2. The summed E-state index contributed by atoms with van der Waals surface area (Å²) >= 11 is 0. The van der Waals surface area contributed by atoms with Crippen LogP contribution in [0, 0.1) is 12.3 Å². The summed E-state index contributed by atoms with van der Waals surface area (Å²) in [6.45, 7) is 7.70. The first-order chi connectivity index (χ1) is 20.7. The molecular formula is C31H36N4O7. The molecule has 0 amide bonds. The minimum absolute atomic E-state index is 0.296. The van der Waals surface area contributed by atoms with Gasteiger partial charge >= 0.3 is 5.63 Å². The van der Waals surface area contributed by atoms with Gasteiger partial charge in [0.15, 0.2) is 0 Å². The molecule has 4 aromatic rings. The summed E-state index contributed by atoms with van der Waals surface area (Å²) in [5.41, 5.74) is 2.83. The van der Waals surface area contributed by atoms with E-state index in [1.165, 1.54) is 0 Å². The molecule has 0 aliphatic carbocycles. The Kier molecular flexibility index (Phi) is 10.8. The van der Waals surface area contributed by atoms with E-state index < -0.39 is 5.63 Å². The van der Waals surface area contributed by atoms with Crippen LogP contribution in [-0.4, -0.2) is 95.0 Å². The minimum Gasteiger partial charge on any atom is -0.491 e. The first kappa shape index (κ1) is 29.6. The number of hydrogen-bond donors (Lipinski definition) is 1. The van der Waals surface area contributed by atoms with E-state index in [4.69, 9.17) is 34.5 Å². The predicted octanol–water partition coefficient (Wildman–Crippen LogP) is 2.60. The second-order valence-electron chi connectivity index (χ2n) is 9.60. The number of fused-ring (bicyclic) bond motifs is 2. The average molecular weight is 577 g/mol. The number of aromatic nitrogens is 2. The summed E-state index contributed by atoms with van der Waals surface area (Å²) in [5.74, 6) is 3.06. The lowest BCUT2D eigenvalue weighted by molar-refractivity contribution is -0.00187. The van der Waals surface area contributed by atoms with Crippen LogP contribution >= 0.6 is 0 Å². The maximum Gasteiger partial charge on any atom is 0.345 e. The normalized spacial score (nSPS) is 13.5. The maximum atomic E-state index is 12.9. The van der Waals surface area contributed by atoms with E-state index in [9.17, 15) is 4.79 Å². The Morgan fingerprint density at radius 3 is 2.36 bits per heavy atom. The van der Waals surface area contributed by atoms with Gasteiger partial charge in [0, 0.05) is 61.8 Å². The number of pyridine rings is 1. The van der Waals surface area contributed by atoms with Crippen LogP contribution in [0.1, 0.15) is 0 Å². The number of rotatable bonds is 16. The van der Waals surface area contributed by atoms with Crippen molar-refractivity contribution < 1.29 is 28.1 Å². The van der Waals surface area contributed by atoms with Crippen LogP contribution in [0.2, 0.25) is 0 Å². The molecule has 222 valence electrons. The summed E-state index contributed by atoms with van der Waals surface area (Å²) in [5, 5.41) is 4.20. The van der Waals surface area contributed by atoms with Gasteiger partial charge in [0.1, 0.15) is 30.2 Å². The first-order valence-corrected chi connectivity index (χ1v) is 14.1. The third kappa shape index (κ3) is 8.09. The highest BCUT2D eigenvalue weighted by molar-refractivity contribution is 5.84. The van der Waals surface area contributed by atoms with Gasteiger partial charge in [0.25, 0.3) is 0 Å². The van der Waals surface area contributed by atoms with Crippen LogP contribution in [0.4, 0.5) is 5.69 Å². The summed E-state index contributed by atoms with van der Waals surface area (Å²) in [6, 6.07) is 11.5. The molecular weight excluding hydrogens is 540 g/mol. The average Bonchev–Trinajstić information content (AvgIpc) is 3.44. The van der Waals surface area contributed by atoms with Crippen molar-refractivity contribution in [1.82, 2.24) is 14.7 Å². The van der Waals surface area contributed by atoms with Crippen LogP contribution in [0.3, 0.4) is 0 Å². The molecule has 0 atom stereocenters. The third-order valence-electron chi connectivity index (χ3n) is 6.71. The number of anilines is 1. The van der Waals surface area contributed by atoms with Crippen LogP contribution in [0.15, 0.2) is 58.0 Å². The molecule has 1 saturated heterocycles. The Bertz CT molecular complexity index is 1540. The molecule has 0 bridgehead atoms. The van der Waals surface area contributed by atoms with Gasteiger partial charge in [-0.05, 0) is 24.3 Å². The molecule has 5 rings (SSSR count). The summed E-state index contributed by atoms with van der Waals surface area (Å²) in [4.78, 5) is 19.9. The Labute approximate surface area is 244 Å². The van der Waals surface area contributed by atoms with Crippen LogP contribution in [0.5, 0.6) is 5.75 Å². The predicted molar refractivity (Wildman–Crippen MR) is 159 cm³/mol. The molecule has 1 aliphatic heterocycles. The van der Waals surface area contributed by atoms with Gasteiger partial charge in [-0.25, -0.2) is 9.78 Å². The molecule has 4 heterocycles. The molecule has 11 nitrogen and oxygen atoms in total. The van der Waals surface area contributed by atoms with Crippen molar-refractivity contribution in [2.24, 2.45) is 0 Å². The molecule has 0 radical (unpaired) electrons. The summed E-state index contributed by atoms with van der Waals surface area (Å²) in [6.07, 6.45) is 8.76. The van der Waals surface area contributed by atoms with Crippen molar-refractivity contribution in [3.63, 3.8) is 0 Å². The van der Waals surface area contributed by atoms with Crippen molar-refractivity contribution in [3.05, 3.63) is 59.2 Å². The van der Waals surface area contributed by atoms with Crippen molar-refractivity contribution >= 4 is 22.3 Å². The number of hydrogen-bond acceptors (Lipinski definition) is 10. The smallest absolute Gasteiger partial charge is 0.345 e. The van der Waals surface area contributed by atoms with Gasteiger partial charge in [0.05, 0.1) is 57.5 Å². The second kappa shape index (κ2) is 15.3. The Balaban J connectivity index is 1.07. The number of terminal acetylenes is 1. The summed E-state index contributed by atoms with van der Waals surface area (Å²) in [7, 11) is 0. The van der Waals surface area contributed by atoms with Crippen molar-refractivity contribution in [3.8, 4) is 29.4 Å². The van der Waals surface area contributed by atoms with Crippen LogP contribution in [0.25, 0.3) is 27.9 Å². The molecule has 0 unspecified atom stereocenters. The molecule has 1 N–H and O–H groups in total. The zero-order chi connectivity index (χ0) is 29.0. The Hall–Kier alpha value is -3.92. The van der Waals surface area contributed by atoms with Crippen LogP contribution in [-0.2, 0) is 18.9 Å². The fraction of sp³-hybridized carbons (Fsp3) is 0.419. The quantitative estimate of drug-likeness (QED) is 0.121. The molecule has 1 fully saturated rings. The van der Waals surface area contributed by atoms with Gasteiger partial charge in [-0.1, -0.05) is 5.92 Å². The van der Waals surface area contributed by atoms with E-state index >= 15 is 0 Å². The lowest BCUT2D eigenvalue weighted by Crippen LogP contribution is -2.43. The Morgan fingerprint density at radius 2 is 1.62 bits per heavy atom. The first-order valence-electron chi connectivity index (χ1n) is 14.1. The number of benzene rings is 1. The van der Waals surface area contributed by atoms with Crippen LogP contribution < -0.4 is 20.6 Å². The van der Waals surface area contributed by atoms with E-state index in [0.29, 0.717) is 87.7 Å². The molecule has 42 heavy (non-hydrogen) atoms. The van der Waals surface area contributed by atoms with E-state index in [1.54, 1.807) is 0 Å². The molecule has 11 heteroatoms. The fourth-order valence-electron chi connectivity index (χ4n) is 4.59.